The van der Waals surface area contributed by atoms with Gasteiger partial charge in [0.05, 0.1) is 6.10 Å². The van der Waals surface area contributed by atoms with Gasteiger partial charge >= 0.3 is 5.97 Å². The fourth-order valence-corrected chi connectivity index (χ4v) is 1.52. The first kappa shape index (κ1) is 6.82. The lowest BCUT2D eigenvalue weighted by Gasteiger charge is -2.21. The molecule has 0 aromatic heterocycles. The monoisotopic (exact) mass is 156 g/mol. The number of rotatable bonds is 1. The van der Waals surface area contributed by atoms with E-state index in [2.05, 4.69) is 0 Å². The number of carboxylic acids is 1. The molecule has 0 spiro atoms. The second-order valence-electron chi connectivity index (χ2n) is 2.91. The molecule has 0 aliphatic carbocycles. The maximum Gasteiger partial charge on any atom is 0.338 e. The first-order chi connectivity index (χ1) is 5.13. The Morgan fingerprint density at radius 1 is 1.64 bits per heavy atom. The highest BCUT2D eigenvalue weighted by Gasteiger charge is 2.54. The van der Waals surface area contributed by atoms with Crippen molar-refractivity contribution in [1.29, 1.82) is 0 Å². The van der Waals surface area contributed by atoms with Crippen molar-refractivity contribution < 1.29 is 19.7 Å². The number of hydrogen-bond donors (Lipinski definition) is 2. The summed E-state index contributed by atoms with van der Waals surface area (Å²) in [5.74, 6) is -1.20. The molecule has 1 fully saturated rings. The predicted molar refractivity (Wildman–Crippen MR) is 35.0 cm³/mol. The number of hydrogen-bond acceptors (Lipinski definition) is 3. The fourth-order valence-electron chi connectivity index (χ4n) is 1.52. The highest BCUT2D eigenvalue weighted by Crippen LogP contribution is 2.36. The second-order valence-corrected chi connectivity index (χ2v) is 2.91. The summed E-state index contributed by atoms with van der Waals surface area (Å²) in [5.41, 5.74) is -1.68. The molecule has 1 saturated heterocycles. The van der Waals surface area contributed by atoms with Crippen molar-refractivity contribution in [1.82, 2.24) is 0 Å². The third-order valence-corrected chi connectivity index (χ3v) is 2.18. The summed E-state index contributed by atoms with van der Waals surface area (Å²) in [5, 5.41) is 18.1. The lowest BCUT2D eigenvalue weighted by molar-refractivity contribution is -0.161. The molecule has 0 saturated carbocycles. The molecule has 0 unspecified atom stereocenters. The van der Waals surface area contributed by atoms with Crippen LogP contribution < -0.4 is 0 Å². The minimum atomic E-state index is -1.68. The zero-order chi connectivity index (χ0) is 8.06. The lowest BCUT2D eigenvalue weighted by Crippen LogP contribution is -2.45. The van der Waals surface area contributed by atoms with Gasteiger partial charge in [0, 0.05) is 6.42 Å². The summed E-state index contributed by atoms with van der Waals surface area (Å²) in [6.45, 7) is 0. The SMILES string of the molecule is O=C(O)[C@@]1(O)C[C@@H]2C=C[C@H]1O2. The summed E-state index contributed by atoms with van der Waals surface area (Å²) in [6.07, 6.45) is 2.69. The molecule has 0 aromatic rings. The molecular weight excluding hydrogens is 148 g/mol. The van der Waals surface area contributed by atoms with Gasteiger partial charge in [0.1, 0.15) is 6.10 Å². The number of carbonyl (C=O) groups is 1. The Labute approximate surface area is 63.1 Å². The van der Waals surface area contributed by atoms with Crippen LogP contribution in [0.3, 0.4) is 0 Å². The van der Waals surface area contributed by atoms with E-state index in [0.29, 0.717) is 0 Å². The van der Waals surface area contributed by atoms with Crippen molar-refractivity contribution in [3.05, 3.63) is 12.2 Å². The predicted octanol–water partition coefficient (Wildman–Crippen LogP) is -0.471. The summed E-state index contributed by atoms with van der Waals surface area (Å²) in [4.78, 5) is 10.5. The standard InChI is InChI=1S/C7H8O4/c8-6(9)7(10)3-4-1-2-5(7)11-4/h1-2,4-5,10H,3H2,(H,8,9)/t4-,5+,7+/m0/s1. The van der Waals surface area contributed by atoms with Crippen molar-refractivity contribution in [2.24, 2.45) is 0 Å². The van der Waals surface area contributed by atoms with Gasteiger partial charge in [-0.1, -0.05) is 12.2 Å². The van der Waals surface area contributed by atoms with E-state index in [-0.39, 0.29) is 12.5 Å². The van der Waals surface area contributed by atoms with Crippen LogP contribution in [-0.4, -0.2) is 34.0 Å². The number of aliphatic carboxylic acids is 1. The number of fused-ring (bicyclic) bond motifs is 2. The van der Waals surface area contributed by atoms with Gasteiger partial charge < -0.3 is 14.9 Å². The average Bonchev–Trinajstić information content (AvgIpc) is 2.45. The van der Waals surface area contributed by atoms with E-state index >= 15 is 0 Å². The molecule has 4 nitrogen and oxygen atoms in total. The molecule has 2 rings (SSSR count). The third kappa shape index (κ3) is 0.735. The van der Waals surface area contributed by atoms with Gasteiger partial charge in [-0.3, -0.25) is 0 Å². The molecule has 0 amide bonds. The van der Waals surface area contributed by atoms with Crippen LogP contribution in [0.4, 0.5) is 0 Å². The molecule has 2 bridgehead atoms. The molecule has 2 N–H and O–H groups in total. The Morgan fingerprint density at radius 2 is 2.36 bits per heavy atom. The van der Waals surface area contributed by atoms with E-state index in [0.717, 1.165) is 0 Å². The molecule has 60 valence electrons. The Kier molecular flexibility index (Phi) is 1.14. The van der Waals surface area contributed by atoms with Crippen LogP contribution in [-0.2, 0) is 9.53 Å². The number of carboxylic acid groups (broad SMARTS) is 1. The highest BCUT2D eigenvalue weighted by atomic mass is 16.5. The van der Waals surface area contributed by atoms with E-state index in [4.69, 9.17) is 9.84 Å². The fraction of sp³-hybridized carbons (Fsp3) is 0.571. The maximum atomic E-state index is 10.5. The molecule has 11 heavy (non-hydrogen) atoms. The maximum absolute atomic E-state index is 10.5. The smallest absolute Gasteiger partial charge is 0.338 e. The molecule has 3 atom stereocenters. The second kappa shape index (κ2) is 1.84. The van der Waals surface area contributed by atoms with Crippen molar-refractivity contribution in [3.8, 4) is 0 Å². The summed E-state index contributed by atoms with van der Waals surface area (Å²) < 4.78 is 5.11. The van der Waals surface area contributed by atoms with Crippen LogP contribution >= 0.6 is 0 Å². The largest absolute Gasteiger partial charge is 0.479 e. The van der Waals surface area contributed by atoms with Gasteiger partial charge in [-0.25, -0.2) is 4.79 Å². The normalized spacial score (nSPS) is 46.6. The van der Waals surface area contributed by atoms with Gasteiger partial charge in [0.25, 0.3) is 0 Å². The van der Waals surface area contributed by atoms with E-state index in [1.807, 2.05) is 0 Å². The average molecular weight is 156 g/mol. The van der Waals surface area contributed by atoms with Crippen LogP contribution in [0.25, 0.3) is 0 Å². The van der Waals surface area contributed by atoms with Gasteiger partial charge in [-0.05, 0) is 0 Å². The van der Waals surface area contributed by atoms with Gasteiger partial charge in [0.2, 0.25) is 0 Å². The van der Waals surface area contributed by atoms with Gasteiger partial charge in [0.15, 0.2) is 5.60 Å². The molecule has 2 heterocycles. The van der Waals surface area contributed by atoms with Crippen LogP contribution in [0, 0.1) is 0 Å². The molecule has 4 heteroatoms. The van der Waals surface area contributed by atoms with Crippen molar-refractivity contribution in [3.63, 3.8) is 0 Å². The zero-order valence-electron chi connectivity index (χ0n) is 5.73. The van der Waals surface area contributed by atoms with E-state index in [1.54, 1.807) is 12.2 Å². The summed E-state index contributed by atoms with van der Waals surface area (Å²) in [6, 6.07) is 0. The minimum absolute atomic E-state index is 0.170. The molecule has 0 aromatic carbocycles. The Balaban J connectivity index is 2.30. The van der Waals surface area contributed by atoms with Crippen molar-refractivity contribution >= 4 is 5.97 Å². The van der Waals surface area contributed by atoms with Crippen LogP contribution in [0.2, 0.25) is 0 Å². The Hall–Kier alpha value is -0.870. The summed E-state index contributed by atoms with van der Waals surface area (Å²) >= 11 is 0. The zero-order valence-corrected chi connectivity index (χ0v) is 5.73. The van der Waals surface area contributed by atoms with Crippen LogP contribution in [0.1, 0.15) is 6.42 Å². The van der Waals surface area contributed by atoms with Gasteiger partial charge in [-0.15, -0.1) is 0 Å². The van der Waals surface area contributed by atoms with Crippen LogP contribution in [0.15, 0.2) is 12.2 Å². The highest BCUT2D eigenvalue weighted by molar-refractivity contribution is 5.79. The third-order valence-electron chi connectivity index (χ3n) is 2.18. The van der Waals surface area contributed by atoms with Gasteiger partial charge in [-0.2, -0.15) is 0 Å². The topological polar surface area (TPSA) is 66.8 Å². The Bertz CT molecular complexity index is 235. The molecular formula is C7H8O4. The lowest BCUT2D eigenvalue weighted by atomic mass is 9.89. The Morgan fingerprint density at radius 3 is 2.64 bits per heavy atom. The number of aliphatic hydroxyl groups is 1. The van der Waals surface area contributed by atoms with Crippen molar-refractivity contribution in [2.45, 2.75) is 24.2 Å². The van der Waals surface area contributed by atoms with E-state index in [9.17, 15) is 9.90 Å². The van der Waals surface area contributed by atoms with Crippen LogP contribution in [0.5, 0.6) is 0 Å². The number of ether oxygens (including phenoxy) is 1. The van der Waals surface area contributed by atoms with Crippen molar-refractivity contribution in [2.75, 3.05) is 0 Å². The molecule has 2 aliphatic rings. The quantitative estimate of drug-likeness (QED) is 0.503. The minimum Gasteiger partial charge on any atom is -0.479 e. The first-order valence-electron chi connectivity index (χ1n) is 3.42. The molecule has 0 radical (unpaired) electrons. The van der Waals surface area contributed by atoms with E-state index < -0.39 is 17.7 Å². The summed E-state index contributed by atoms with van der Waals surface area (Å²) in [7, 11) is 0. The first-order valence-corrected chi connectivity index (χ1v) is 3.42. The van der Waals surface area contributed by atoms with E-state index in [1.165, 1.54) is 0 Å². The molecule has 2 aliphatic heterocycles.